The van der Waals surface area contributed by atoms with Gasteiger partial charge in [-0.25, -0.2) is 9.97 Å². The van der Waals surface area contributed by atoms with Crippen molar-refractivity contribution in [2.75, 3.05) is 36.5 Å². The molecule has 1 N–H and O–H groups in total. The van der Waals surface area contributed by atoms with Crippen LogP contribution >= 0.6 is 11.3 Å². The number of carbonyl (C=O) groups excluding carboxylic acids is 1. The van der Waals surface area contributed by atoms with Gasteiger partial charge in [0.15, 0.2) is 10.8 Å². The Hall–Kier alpha value is -2.71. The molecule has 3 aromatic rings. The lowest BCUT2D eigenvalue weighted by Gasteiger charge is -2.26. The van der Waals surface area contributed by atoms with Gasteiger partial charge in [0.05, 0.1) is 18.9 Å². The fourth-order valence-corrected chi connectivity index (χ4v) is 3.75. The first-order valence-electron chi connectivity index (χ1n) is 9.17. The summed E-state index contributed by atoms with van der Waals surface area (Å²) >= 11 is 1.45. The minimum Gasteiger partial charge on any atom is -0.420 e. The topological polar surface area (TPSA) is 80.5 Å². The Bertz CT molecular complexity index is 968. The van der Waals surface area contributed by atoms with Gasteiger partial charge in [-0.15, -0.1) is 11.3 Å². The van der Waals surface area contributed by atoms with Crippen molar-refractivity contribution >= 4 is 28.3 Å². The first kappa shape index (κ1) is 18.6. The van der Waals surface area contributed by atoms with E-state index in [1.54, 1.807) is 0 Å². The molecule has 7 nitrogen and oxygen atoms in total. The zero-order valence-corrected chi connectivity index (χ0v) is 16.9. The Labute approximate surface area is 167 Å². The molecular formula is C20H22N4O3S. The van der Waals surface area contributed by atoms with Crippen LogP contribution in [0.3, 0.4) is 0 Å². The van der Waals surface area contributed by atoms with E-state index in [0.29, 0.717) is 43.2 Å². The molecule has 28 heavy (non-hydrogen) atoms. The van der Waals surface area contributed by atoms with E-state index in [4.69, 9.17) is 9.15 Å². The van der Waals surface area contributed by atoms with Gasteiger partial charge in [0.2, 0.25) is 11.8 Å². The van der Waals surface area contributed by atoms with Gasteiger partial charge >= 0.3 is 0 Å². The van der Waals surface area contributed by atoms with Crippen LogP contribution in [0.15, 0.2) is 28.7 Å². The summed E-state index contributed by atoms with van der Waals surface area (Å²) in [4.78, 5) is 25.0. The van der Waals surface area contributed by atoms with Crippen molar-refractivity contribution in [1.29, 1.82) is 0 Å². The highest BCUT2D eigenvalue weighted by molar-refractivity contribution is 7.15. The van der Waals surface area contributed by atoms with Crippen LogP contribution in [-0.4, -0.2) is 42.2 Å². The molecule has 1 amide bonds. The maximum absolute atomic E-state index is 13.0. The van der Waals surface area contributed by atoms with Crippen molar-refractivity contribution in [2.45, 2.75) is 20.8 Å². The number of nitrogens with zero attached hydrogens (tertiary/aromatic N) is 3. The minimum atomic E-state index is -0.322. The van der Waals surface area contributed by atoms with Gasteiger partial charge in [0.1, 0.15) is 0 Å². The molecule has 1 aliphatic rings. The zero-order valence-electron chi connectivity index (χ0n) is 16.1. The highest BCUT2D eigenvalue weighted by Crippen LogP contribution is 2.30. The van der Waals surface area contributed by atoms with Crippen LogP contribution in [0.4, 0.5) is 11.0 Å². The molecule has 0 atom stereocenters. The van der Waals surface area contributed by atoms with Gasteiger partial charge in [-0.05, 0) is 32.9 Å². The summed E-state index contributed by atoms with van der Waals surface area (Å²) in [7, 11) is 0. The molecule has 8 heteroatoms. The van der Waals surface area contributed by atoms with Crippen molar-refractivity contribution < 1.29 is 13.9 Å². The SMILES string of the molecule is Cc1ccc(-c2nc(C(=O)Nc3nc(C)c(C)s3)c(N3CCOCC3)o2)cc1. The number of nitrogens with one attached hydrogen (secondary N) is 1. The van der Waals surface area contributed by atoms with Crippen LogP contribution in [-0.2, 0) is 4.74 Å². The molecule has 1 saturated heterocycles. The lowest BCUT2D eigenvalue weighted by molar-refractivity contribution is 0.101. The van der Waals surface area contributed by atoms with Crippen LogP contribution in [0.2, 0.25) is 0 Å². The second kappa shape index (κ2) is 7.73. The fourth-order valence-electron chi connectivity index (χ4n) is 2.94. The van der Waals surface area contributed by atoms with E-state index in [1.165, 1.54) is 11.3 Å². The van der Waals surface area contributed by atoms with Crippen LogP contribution in [0.1, 0.15) is 26.6 Å². The number of amides is 1. The van der Waals surface area contributed by atoms with E-state index in [9.17, 15) is 4.79 Å². The van der Waals surface area contributed by atoms with Crippen molar-refractivity contribution in [1.82, 2.24) is 9.97 Å². The number of morpholine rings is 1. The average molecular weight is 398 g/mol. The summed E-state index contributed by atoms with van der Waals surface area (Å²) in [6.07, 6.45) is 0. The summed E-state index contributed by atoms with van der Waals surface area (Å²) in [6, 6.07) is 7.88. The van der Waals surface area contributed by atoms with Crippen LogP contribution < -0.4 is 10.2 Å². The first-order valence-corrected chi connectivity index (χ1v) is 9.99. The third-order valence-corrected chi connectivity index (χ3v) is 5.66. The molecule has 0 radical (unpaired) electrons. The van der Waals surface area contributed by atoms with E-state index in [0.717, 1.165) is 21.7 Å². The van der Waals surface area contributed by atoms with Crippen LogP contribution in [0.25, 0.3) is 11.5 Å². The van der Waals surface area contributed by atoms with Crippen molar-refractivity contribution in [3.05, 3.63) is 46.1 Å². The number of anilines is 2. The smallest absolute Gasteiger partial charge is 0.281 e. The number of ether oxygens (including phenoxy) is 1. The Morgan fingerprint density at radius 2 is 1.82 bits per heavy atom. The number of rotatable bonds is 4. The van der Waals surface area contributed by atoms with E-state index in [1.807, 2.05) is 49.9 Å². The Morgan fingerprint density at radius 1 is 1.11 bits per heavy atom. The minimum absolute atomic E-state index is 0.267. The summed E-state index contributed by atoms with van der Waals surface area (Å²) in [5, 5.41) is 3.42. The Balaban J connectivity index is 1.68. The maximum Gasteiger partial charge on any atom is 0.281 e. The molecule has 1 aromatic carbocycles. The molecule has 0 saturated carbocycles. The third-order valence-electron chi connectivity index (χ3n) is 4.67. The maximum atomic E-state index is 13.0. The van der Waals surface area contributed by atoms with E-state index in [2.05, 4.69) is 15.3 Å². The number of hydrogen-bond donors (Lipinski definition) is 1. The highest BCUT2D eigenvalue weighted by Gasteiger charge is 2.27. The van der Waals surface area contributed by atoms with Gasteiger partial charge in [-0.3, -0.25) is 10.1 Å². The van der Waals surface area contributed by atoms with Gasteiger partial charge in [-0.2, -0.15) is 0 Å². The fraction of sp³-hybridized carbons (Fsp3) is 0.350. The summed E-state index contributed by atoms with van der Waals surface area (Å²) in [6.45, 7) is 8.41. The standard InChI is InChI=1S/C20H22N4O3S/c1-12-4-6-15(7-5-12)18-22-16(19(27-18)24-8-10-26-11-9-24)17(25)23-20-21-13(2)14(3)28-20/h4-7H,8-11H2,1-3H3,(H,21,23,25). The average Bonchev–Trinajstić information content (AvgIpc) is 3.27. The van der Waals surface area contributed by atoms with Crippen molar-refractivity contribution in [3.63, 3.8) is 0 Å². The van der Waals surface area contributed by atoms with E-state index in [-0.39, 0.29) is 11.6 Å². The predicted octanol–water partition coefficient (Wildman–Crippen LogP) is 3.81. The van der Waals surface area contributed by atoms with Gasteiger partial charge in [-0.1, -0.05) is 17.7 Å². The van der Waals surface area contributed by atoms with Gasteiger partial charge in [0.25, 0.3) is 5.91 Å². The highest BCUT2D eigenvalue weighted by atomic mass is 32.1. The molecule has 2 aromatic heterocycles. The number of benzene rings is 1. The third kappa shape index (κ3) is 3.79. The molecule has 4 rings (SSSR count). The number of aryl methyl sites for hydroxylation is 3. The summed E-state index contributed by atoms with van der Waals surface area (Å²) < 4.78 is 11.5. The number of oxazole rings is 1. The van der Waals surface area contributed by atoms with E-state index >= 15 is 0 Å². The largest absolute Gasteiger partial charge is 0.420 e. The lowest BCUT2D eigenvalue weighted by atomic mass is 10.1. The number of thiazole rings is 1. The van der Waals surface area contributed by atoms with Gasteiger partial charge < -0.3 is 14.1 Å². The zero-order chi connectivity index (χ0) is 19.7. The second-order valence-corrected chi connectivity index (χ2v) is 7.96. The molecule has 1 fully saturated rings. The van der Waals surface area contributed by atoms with E-state index < -0.39 is 0 Å². The molecule has 0 unspecified atom stereocenters. The summed E-state index contributed by atoms with van der Waals surface area (Å²) in [5.74, 6) is 0.580. The van der Waals surface area contributed by atoms with Crippen LogP contribution in [0.5, 0.6) is 0 Å². The normalized spacial score (nSPS) is 14.3. The van der Waals surface area contributed by atoms with Crippen molar-refractivity contribution in [2.24, 2.45) is 0 Å². The quantitative estimate of drug-likeness (QED) is 0.720. The molecule has 0 bridgehead atoms. The van der Waals surface area contributed by atoms with Crippen molar-refractivity contribution in [3.8, 4) is 11.5 Å². The molecule has 0 aliphatic carbocycles. The Morgan fingerprint density at radius 3 is 2.46 bits per heavy atom. The second-order valence-electron chi connectivity index (χ2n) is 6.75. The summed E-state index contributed by atoms with van der Waals surface area (Å²) in [5.41, 5.74) is 3.16. The number of hydrogen-bond acceptors (Lipinski definition) is 7. The molecule has 0 spiro atoms. The number of aromatic nitrogens is 2. The van der Waals surface area contributed by atoms with Crippen LogP contribution in [0, 0.1) is 20.8 Å². The molecule has 146 valence electrons. The molecular weight excluding hydrogens is 376 g/mol. The number of carbonyl (C=O) groups is 1. The lowest BCUT2D eigenvalue weighted by Crippen LogP contribution is -2.37. The molecule has 1 aliphatic heterocycles. The predicted molar refractivity (Wildman–Crippen MR) is 109 cm³/mol. The van der Waals surface area contributed by atoms with Gasteiger partial charge in [0, 0.05) is 23.5 Å². The molecule has 3 heterocycles. The monoisotopic (exact) mass is 398 g/mol. The first-order chi connectivity index (χ1) is 13.5. The Kier molecular flexibility index (Phi) is 5.15.